The second-order valence-corrected chi connectivity index (χ2v) is 8.22. The molecule has 0 amide bonds. The average molecular weight is 427 g/mol. The molecule has 1 aromatic heterocycles. The number of anilines is 2. The van der Waals surface area contributed by atoms with Gasteiger partial charge in [0.1, 0.15) is 0 Å². The fraction of sp³-hybridized carbons (Fsp3) is 0.154. The lowest BCUT2D eigenvalue weighted by atomic mass is 10.1. The predicted octanol–water partition coefficient (Wildman–Crippen LogP) is 6.59. The molecule has 0 saturated carbocycles. The molecule has 4 rings (SSSR count). The van der Waals surface area contributed by atoms with Gasteiger partial charge in [-0.05, 0) is 37.1 Å². The van der Waals surface area contributed by atoms with Gasteiger partial charge < -0.3 is 4.90 Å². The number of nitrogens with one attached hydrogen (secondary N) is 1. The molecule has 0 spiro atoms. The van der Waals surface area contributed by atoms with Crippen molar-refractivity contribution in [3.63, 3.8) is 0 Å². The summed E-state index contributed by atoms with van der Waals surface area (Å²) in [6.45, 7) is 6.13. The van der Waals surface area contributed by atoms with Crippen LogP contribution in [0.2, 0.25) is 0 Å². The van der Waals surface area contributed by atoms with E-state index in [-0.39, 0.29) is 0 Å². The topological polar surface area (TPSA) is 40.5 Å². The lowest BCUT2D eigenvalue weighted by Gasteiger charge is -2.23. The van der Waals surface area contributed by atoms with E-state index in [2.05, 4.69) is 113 Å². The minimum Gasteiger partial charge on any atom is -0.367 e. The average Bonchev–Trinajstić information content (AvgIpc) is 3.28. The third-order valence-electron chi connectivity index (χ3n) is 5.08. The summed E-state index contributed by atoms with van der Waals surface area (Å²) in [6, 6.07) is 27.4. The molecule has 0 fully saturated rings. The fourth-order valence-electron chi connectivity index (χ4n) is 3.30. The zero-order valence-corrected chi connectivity index (χ0v) is 18.6. The first-order chi connectivity index (χ1) is 15.2. The summed E-state index contributed by atoms with van der Waals surface area (Å²) in [5.41, 5.74) is 9.93. The Morgan fingerprint density at radius 1 is 0.968 bits per heavy atom. The fourth-order valence-corrected chi connectivity index (χ4v) is 3.97. The van der Waals surface area contributed by atoms with Gasteiger partial charge in [-0.15, -0.1) is 11.3 Å². The van der Waals surface area contributed by atoms with Crippen molar-refractivity contribution in [2.24, 2.45) is 5.10 Å². The highest BCUT2D eigenvalue weighted by Crippen LogP contribution is 2.25. The van der Waals surface area contributed by atoms with Crippen LogP contribution in [0, 0.1) is 6.92 Å². The van der Waals surface area contributed by atoms with E-state index in [4.69, 9.17) is 0 Å². The van der Waals surface area contributed by atoms with Crippen LogP contribution in [0.4, 0.5) is 10.8 Å². The zero-order valence-electron chi connectivity index (χ0n) is 17.8. The summed E-state index contributed by atoms with van der Waals surface area (Å²) in [4.78, 5) is 6.97. The van der Waals surface area contributed by atoms with Crippen LogP contribution in [0.1, 0.15) is 23.6 Å². The molecule has 5 heteroatoms. The van der Waals surface area contributed by atoms with Gasteiger partial charge in [0.25, 0.3) is 0 Å². The molecule has 1 heterocycles. The molecule has 0 aliphatic carbocycles. The normalized spacial score (nSPS) is 11.0. The van der Waals surface area contributed by atoms with E-state index in [0.717, 1.165) is 35.0 Å². The molecule has 0 bridgehead atoms. The van der Waals surface area contributed by atoms with E-state index >= 15 is 0 Å². The molecule has 0 aliphatic rings. The SMILES string of the molecule is CCN(Cc1ccccc1)c1ccc(/C=N\Nc2nc(-c3ccc(C)cc3)cs2)cc1. The molecule has 31 heavy (non-hydrogen) atoms. The lowest BCUT2D eigenvalue weighted by Crippen LogP contribution is -2.21. The van der Waals surface area contributed by atoms with Gasteiger partial charge in [0.05, 0.1) is 11.9 Å². The van der Waals surface area contributed by atoms with Gasteiger partial charge in [-0.1, -0.05) is 72.3 Å². The number of rotatable bonds is 8. The minimum absolute atomic E-state index is 0.781. The molecule has 0 aliphatic heterocycles. The first kappa shape index (κ1) is 20.8. The second-order valence-electron chi connectivity index (χ2n) is 7.37. The zero-order chi connectivity index (χ0) is 21.5. The number of hydrazone groups is 1. The van der Waals surface area contributed by atoms with E-state index in [9.17, 15) is 0 Å². The van der Waals surface area contributed by atoms with Gasteiger partial charge in [-0.2, -0.15) is 5.10 Å². The van der Waals surface area contributed by atoms with Crippen molar-refractivity contribution in [1.29, 1.82) is 0 Å². The maximum atomic E-state index is 4.62. The number of aromatic nitrogens is 1. The van der Waals surface area contributed by atoms with Crippen molar-refractivity contribution in [3.05, 3.63) is 101 Å². The quantitative estimate of drug-likeness (QED) is 0.255. The summed E-state index contributed by atoms with van der Waals surface area (Å²) >= 11 is 1.55. The number of hydrogen-bond acceptors (Lipinski definition) is 5. The number of nitrogens with zero attached hydrogens (tertiary/aromatic N) is 3. The van der Waals surface area contributed by atoms with Crippen LogP contribution in [-0.4, -0.2) is 17.7 Å². The Labute approximate surface area is 187 Å². The molecule has 4 nitrogen and oxygen atoms in total. The molecule has 0 atom stereocenters. The molecule has 4 aromatic rings. The maximum absolute atomic E-state index is 4.62. The van der Waals surface area contributed by atoms with E-state index < -0.39 is 0 Å². The Hall–Kier alpha value is -3.44. The molecule has 1 N–H and O–H groups in total. The third kappa shape index (κ3) is 5.58. The standard InChI is InChI=1S/C26H26N4S/c1-3-30(18-22-7-5-4-6-8-22)24-15-11-21(12-16-24)17-27-29-26-28-25(19-31-26)23-13-9-20(2)10-14-23/h4-17,19H,3,18H2,1-2H3,(H,28,29)/b27-17-. The van der Waals surface area contributed by atoms with Crippen molar-refractivity contribution in [2.75, 3.05) is 16.9 Å². The minimum atomic E-state index is 0.781. The first-order valence-electron chi connectivity index (χ1n) is 10.4. The van der Waals surface area contributed by atoms with Crippen LogP contribution in [-0.2, 0) is 6.54 Å². The maximum Gasteiger partial charge on any atom is 0.203 e. The van der Waals surface area contributed by atoms with E-state index in [1.165, 1.54) is 16.8 Å². The second kappa shape index (κ2) is 10.0. The largest absolute Gasteiger partial charge is 0.367 e. The number of thiazole rings is 1. The van der Waals surface area contributed by atoms with Gasteiger partial charge in [0.15, 0.2) is 0 Å². The van der Waals surface area contributed by atoms with Crippen molar-refractivity contribution < 1.29 is 0 Å². The van der Waals surface area contributed by atoms with Crippen LogP contribution < -0.4 is 10.3 Å². The number of hydrogen-bond donors (Lipinski definition) is 1. The van der Waals surface area contributed by atoms with E-state index in [1.807, 2.05) is 11.6 Å². The summed E-state index contributed by atoms with van der Waals surface area (Å²) in [5.74, 6) is 0. The van der Waals surface area contributed by atoms with Crippen molar-refractivity contribution >= 4 is 28.4 Å². The highest BCUT2D eigenvalue weighted by Gasteiger charge is 2.06. The lowest BCUT2D eigenvalue weighted by molar-refractivity contribution is 0.832. The smallest absolute Gasteiger partial charge is 0.203 e. The van der Waals surface area contributed by atoms with E-state index in [1.54, 1.807) is 11.3 Å². The Morgan fingerprint density at radius 2 is 1.71 bits per heavy atom. The van der Waals surface area contributed by atoms with Gasteiger partial charge in [0, 0.05) is 29.7 Å². The molecular formula is C26H26N4S. The summed E-state index contributed by atoms with van der Waals surface area (Å²) in [7, 11) is 0. The molecule has 0 unspecified atom stereocenters. The molecule has 0 saturated heterocycles. The van der Waals surface area contributed by atoms with Crippen molar-refractivity contribution in [2.45, 2.75) is 20.4 Å². The van der Waals surface area contributed by atoms with Gasteiger partial charge in [-0.3, -0.25) is 5.43 Å². The Kier molecular flexibility index (Phi) is 6.75. The number of aryl methyl sites for hydroxylation is 1. The Morgan fingerprint density at radius 3 is 2.42 bits per heavy atom. The van der Waals surface area contributed by atoms with Crippen LogP contribution in [0.3, 0.4) is 0 Å². The molecule has 0 radical (unpaired) electrons. The highest BCUT2D eigenvalue weighted by molar-refractivity contribution is 7.14. The Balaban J connectivity index is 1.36. The molecule has 3 aromatic carbocycles. The molecular weight excluding hydrogens is 400 g/mol. The van der Waals surface area contributed by atoms with Crippen molar-refractivity contribution in [1.82, 2.24) is 4.98 Å². The van der Waals surface area contributed by atoms with E-state index in [0.29, 0.717) is 0 Å². The molecule has 156 valence electrons. The predicted molar refractivity (Wildman–Crippen MR) is 133 cm³/mol. The van der Waals surface area contributed by atoms with Gasteiger partial charge in [0.2, 0.25) is 5.13 Å². The summed E-state index contributed by atoms with van der Waals surface area (Å²) in [6.07, 6.45) is 1.82. The van der Waals surface area contributed by atoms with Crippen LogP contribution >= 0.6 is 11.3 Å². The van der Waals surface area contributed by atoms with Gasteiger partial charge >= 0.3 is 0 Å². The summed E-state index contributed by atoms with van der Waals surface area (Å²) in [5, 5.41) is 7.18. The van der Waals surface area contributed by atoms with Gasteiger partial charge in [-0.25, -0.2) is 4.98 Å². The highest BCUT2D eigenvalue weighted by atomic mass is 32.1. The van der Waals surface area contributed by atoms with Crippen LogP contribution in [0.25, 0.3) is 11.3 Å². The van der Waals surface area contributed by atoms with Crippen LogP contribution in [0.5, 0.6) is 0 Å². The van der Waals surface area contributed by atoms with Crippen molar-refractivity contribution in [3.8, 4) is 11.3 Å². The first-order valence-corrected chi connectivity index (χ1v) is 11.3. The monoisotopic (exact) mass is 426 g/mol. The summed E-state index contributed by atoms with van der Waals surface area (Å²) < 4.78 is 0. The Bertz CT molecular complexity index is 1120. The number of benzene rings is 3. The third-order valence-corrected chi connectivity index (χ3v) is 5.83. The van der Waals surface area contributed by atoms with Crippen LogP contribution in [0.15, 0.2) is 89.3 Å².